The molecule has 3 heteroatoms. The molecule has 66 valence electrons. The first-order valence-electron chi connectivity index (χ1n) is 3.93. The van der Waals surface area contributed by atoms with Gasteiger partial charge in [0.2, 0.25) is 0 Å². The molecule has 0 saturated heterocycles. The zero-order valence-corrected chi connectivity index (χ0v) is 6.95. The highest BCUT2D eigenvalue weighted by Gasteiger charge is 2.06. The molecule has 1 aromatic carbocycles. The van der Waals surface area contributed by atoms with E-state index in [1.807, 2.05) is 12.1 Å². The van der Waals surface area contributed by atoms with Gasteiger partial charge in [-0.3, -0.25) is 0 Å². The molecule has 0 bridgehead atoms. The normalized spacial score (nSPS) is 10.5. The van der Waals surface area contributed by atoms with Crippen LogP contribution in [0.4, 0.5) is 0 Å². The number of para-hydroxylation sites is 1. The van der Waals surface area contributed by atoms with Gasteiger partial charge in [-0.05, 0) is 12.5 Å². The minimum absolute atomic E-state index is 0.490. The number of hydrogen-bond donors (Lipinski definition) is 0. The lowest BCUT2D eigenvalue weighted by Gasteiger charge is -1.93. The van der Waals surface area contributed by atoms with Crippen LogP contribution in [-0.2, 0) is 6.42 Å². The van der Waals surface area contributed by atoms with Crippen molar-refractivity contribution in [2.24, 2.45) is 0 Å². The van der Waals surface area contributed by atoms with Crippen molar-refractivity contribution in [2.75, 3.05) is 0 Å². The summed E-state index contributed by atoms with van der Waals surface area (Å²) in [6.45, 7) is 3.62. The van der Waals surface area contributed by atoms with Crippen LogP contribution in [0.1, 0.15) is 5.56 Å². The molecule has 3 nitrogen and oxygen atoms in total. The molecule has 0 aliphatic heterocycles. The maximum atomic E-state index is 10.8. The van der Waals surface area contributed by atoms with Gasteiger partial charge in [-0.15, -0.1) is 6.58 Å². The Morgan fingerprint density at radius 3 is 3.00 bits per heavy atom. The Morgan fingerprint density at radius 1 is 1.38 bits per heavy atom. The third-order valence-corrected chi connectivity index (χ3v) is 1.80. The van der Waals surface area contributed by atoms with Gasteiger partial charge in [0.1, 0.15) is 0 Å². The Labute approximate surface area is 74.3 Å². The lowest BCUT2D eigenvalue weighted by molar-refractivity contribution is 0.409. The van der Waals surface area contributed by atoms with Crippen molar-refractivity contribution in [3.05, 3.63) is 47.0 Å². The summed E-state index contributed by atoms with van der Waals surface area (Å²) in [6.07, 6.45) is 2.42. The third kappa shape index (κ3) is 1.28. The Morgan fingerprint density at radius 2 is 2.23 bits per heavy atom. The van der Waals surface area contributed by atoms with Gasteiger partial charge in [0.15, 0.2) is 11.2 Å². The van der Waals surface area contributed by atoms with E-state index in [1.54, 1.807) is 12.1 Å². The van der Waals surface area contributed by atoms with E-state index in [-0.39, 0.29) is 0 Å². The molecule has 0 spiro atoms. The molecule has 0 radical (unpaired) electrons. The van der Waals surface area contributed by atoms with Gasteiger partial charge < -0.3 is 8.83 Å². The van der Waals surface area contributed by atoms with Crippen LogP contribution in [0, 0.1) is 0 Å². The minimum atomic E-state index is -0.661. The van der Waals surface area contributed by atoms with Crippen molar-refractivity contribution in [2.45, 2.75) is 6.42 Å². The van der Waals surface area contributed by atoms with E-state index < -0.39 is 5.82 Å². The summed E-state index contributed by atoms with van der Waals surface area (Å²) >= 11 is 0. The average Bonchev–Trinajstić information content (AvgIpc) is 2.47. The van der Waals surface area contributed by atoms with Crippen molar-refractivity contribution in [3.63, 3.8) is 0 Å². The zero-order valence-electron chi connectivity index (χ0n) is 6.95. The average molecular weight is 176 g/mol. The van der Waals surface area contributed by atoms with Crippen LogP contribution < -0.4 is 5.82 Å². The van der Waals surface area contributed by atoms with Crippen molar-refractivity contribution >= 4 is 11.2 Å². The Kier molecular flexibility index (Phi) is 1.77. The second-order valence-electron chi connectivity index (χ2n) is 2.69. The number of hydrogen-bond acceptors (Lipinski definition) is 3. The first-order chi connectivity index (χ1) is 6.31. The summed E-state index contributed by atoms with van der Waals surface area (Å²) in [5, 5.41) is 0. The highest BCUT2D eigenvalue weighted by Crippen LogP contribution is 2.17. The largest absolute Gasteiger partial charge is 0.519 e. The fourth-order valence-electron chi connectivity index (χ4n) is 1.27. The quantitative estimate of drug-likeness (QED) is 0.658. The molecule has 0 N–H and O–H groups in total. The van der Waals surface area contributed by atoms with Gasteiger partial charge >= 0.3 is 5.82 Å². The maximum absolute atomic E-state index is 10.8. The van der Waals surface area contributed by atoms with Crippen molar-refractivity contribution in [3.8, 4) is 0 Å². The summed E-state index contributed by atoms with van der Waals surface area (Å²) < 4.78 is 9.68. The Balaban J connectivity index is 2.74. The number of rotatable bonds is 2. The standard InChI is InChI=1S/C10H8O3/c1-2-4-7-5-3-6-8-9(7)13-10(11)12-8/h2-3,5-6H,1,4H2. The summed E-state index contributed by atoms with van der Waals surface area (Å²) in [7, 11) is 0. The van der Waals surface area contributed by atoms with E-state index in [2.05, 4.69) is 6.58 Å². The van der Waals surface area contributed by atoms with Crippen molar-refractivity contribution in [1.29, 1.82) is 0 Å². The number of fused-ring (bicyclic) bond motifs is 1. The van der Waals surface area contributed by atoms with E-state index in [9.17, 15) is 4.79 Å². The summed E-state index contributed by atoms with van der Waals surface area (Å²) in [6, 6.07) is 5.40. The molecule has 0 aliphatic rings. The first kappa shape index (κ1) is 7.86. The molecule has 0 fully saturated rings. The molecule has 1 heterocycles. The molecule has 2 rings (SSSR count). The molecular weight excluding hydrogens is 168 g/mol. The van der Waals surface area contributed by atoms with Crippen LogP contribution in [0.25, 0.3) is 11.2 Å². The van der Waals surface area contributed by atoms with Crippen LogP contribution in [0.2, 0.25) is 0 Å². The second-order valence-corrected chi connectivity index (χ2v) is 2.69. The van der Waals surface area contributed by atoms with Crippen LogP contribution >= 0.6 is 0 Å². The molecule has 0 aliphatic carbocycles. The monoisotopic (exact) mass is 176 g/mol. The van der Waals surface area contributed by atoms with Crippen LogP contribution in [-0.4, -0.2) is 0 Å². The predicted molar refractivity (Wildman–Crippen MR) is 48.7 cm³/mol. The molecule has 13 heavy (non-hydrogen) atoms. The van der Waals surface area contributed by atoms with E-state index >= 15 is 0 Å². The van der Waals surface area contributed by atoms with Crippen molar-refractivity contribution < 1.29 is 8.83 Å². The fourth-order valence-corrected chi connectivity index (χ4v) is 1.27. The lowest BCUT2D eigenvalue weighted by atomic mass is 10.1. The van der Waals surface area contributed by atoms with E-state index in [4.69, 9.17) is 8.83 Å². The third-order valence-electron chi connectivity index (χ3n) is 1.80. The van der Waals surface area contributed by atoms with Crippen LogP contribution in [0.3, 0.4) is 0 Å². The fraction of sp³-hybridized carbons (Fsp3) is 0.100. The summed E-state index contributed by atoms with van der Waals surface area (Å²) in [5.74, 6) is -0.661. The molecule has 0 unspecified atom stereocenters. The van der Waals surface area contributed by atoms with Gasteiger partial charge in [0.25, 0.3) is 0 Å². The number of benzene rings is 1. The molecule has 0 saturated carbocycles. The minimum Gasteiger partial charge on any atom is -0.391 e. The topological polar surface area (TPSA) is 43.4 Å². The predicted octanol–water partition coefficient (Wildman–Crippen LogP) is 2.11. The molecular formula is C10H8O3. The van der Waals surface area contributed by atoms with Gasteiger partial charge in [0, 0.05) is 5.56 Å². The van der Waals surface area contributed by atoms with Gasteiger partial charge in [-0.2, -0.15) is 0 Å². The Bertz CT molecular complexity index is 490. The molecule has 1 aromatic heterocycles. The van der Waals surface area contributed by atoms with Crippen molar-refractivity contribution in [1.82, 2.24) is 0 Å². The highest BCUT2D eigenvalue weighted by atomic mass is 16.6. The number of allylic oxidation sites excluding steroid dienone is 1. The zero-order chi connectivity index (χ0) is 9.26. The van der Waals surface area contributed by atoms with E-state index in [1.165, 1.54) is 0 Å². The lowest BCUT2D eigenvalue weighted by Crippen LogP contribution is -1.85. The second kappa shape index (κ2) is 2.94. The first-order valence-corrected chi connectivity index (χ1v) is 3.93. The van der Waals surface area contributed by atoms with Gasteiger partial charge in [-0.1, -0.05) is 18.2 Å². The van der Waals surface area contributed by atoms with Gasteiger partial charge in [0.05, 0.1) is 0 Å². The maximum Gasteiger partial charge on any atom is 0.519 e. The molecule has 0 atom stereocenters. The van der Waals surface area contributed by atoms with E-state index in [0.29, 0.717) is 17.6 Å². The molecule has 0 amide bonds. The van der Waals surface area contributed by atoms with Crippen LogP contribution in [0.5, 0.6) is 0 Å². The SMILES string of the molecule is C=CCc1cccc2oc(=O)oc12. The molecule has 2 aromatic rings. The highest BCUT2D eigenvalue weighted by molar-refractivity contribution is 5.73. The summed E-state index contributed by atoms with van der Waals surface area (Å²) in [5.41, 5.74) is 1.93. The smallest absolute Gasteiger partial charge is 0.391 e. The van der Waals surface area contributed by atoms with Crippen LogP contribution in [0.15, 0.2) is 44.5 Å². The van der Waals surface area contributed by atoms with Gasteiger partial charge in [-0.25, -0.2) is 4.79 Å². The summed E-state index contributed by atoms with van der Waals surface area (Å²) in [4.78, 5) is 10.8. The Hall–Kier alpha value is -1.77. The van der Waals surface area contributed by atoms with E-state index in [0.717, 1.165) is 5.56 Å².